The van der Waals surface area contributed by atoms with Crippen LogP contribution < -0.4 is 10.6 Å². The summed E-state index contributed by atoms with van der Waals surface area (Å²) in [7, 11) is 1.80. The highest BCUT2D eigenvalue weighted by atomic mass is 19.3. The number of hydrogen-bond donors (Lipinski definition) is 2. The topological polar surface area (TPSA) is 89.0 Å². The second-order valence-electron chi connectivity index (χ2n) is 8.54. The molecule has 0 fully saturated rings. The van der Waals surface area contributed by atoms with E-state index in [0.717, 1.165) is 33.4 Å². The van der Waals surface area contributed by atoms with Crippen molar-refractivity contribution in [2.45, 2.75) is 33.0 Å². The maximum Gasteiger partial charge on any atom is 0.346 e. The normalized spacial score (nSPS) is 11.6. The van der Waals surface area contributed by atoms with E-state index in [2.05, 4.69) is 25.6 Å². The van der Waals surface area contributed by atoms with Gasteiger partial charge in [-0.05, 0) is 67.8 Å². The molecule has 0 saturated carbocycles. The number of nitrogens with zero attached hydrogens (tertiary/aromatic N) is 3. The maximum absolute atomic E-state index is 12.9. The standard InChI is InChI=1S/C26H25F2N5O2/c1-15-5-6-19(11-20(15)16-9-17-14-32-23(29-4)12-21(17)31-13-16)33-24(34)22-10-18(7-8-30-22)26(2,3)35-25(27)28/h5-14,25H,1-4H3,(H,29,32)(H,33,34). The minimum Gasteiger partial charge on any atom is -0.373 e. The van der Waals surface area contributed by atoms with E-state index in [-0.39, 0.29) is 5.69 Å². The van der Waals surface area contributed by atoms with E-state index in [4.69, 9.17) is 4.74 Å². The molecular weight excluding hydrogens is 452 g/mol. The average Bonchev–Trinajstić information content (AvgIpc) is 2.84. The number of alkyl halides is 2. The number of pyridine rings is 3. The highest BCUT2D eigenvalue weighted by Gasteiger charge is 2.27. The Labute approximate surface area is 201 Å². The van der Waals surface area contributed by atoms with Gasteiger partial charge in [0.2, 0.25) is 0 Å². The summed E-state index contributed by atoms with van der Waals surface area (Å²) in [5.41, 5.74) is 3.41. The van der Waals surface area contributed by atoms with E-state index in [1.54, 1.807) is 31.6 Å². The van der Waals surface area contributed by atoms with Gasteiger partial charge in [-0.25, -0.2) is 4.98 Å². The zero-order valence-corrected chi connectivity index (χ0v) is 19.8. The summed E-state index contributed by atoms with van der Waals surface area (Å²) in [4.78, 5) is 25.9. The number of carbonyl (C=O) groups excluding carboxylic acids is 1. The summed E-state index contributed by atoms with van der Waals surface area (Å²) in [6.45, 7) is 2.06. The molecule has 1 amide bonds. The molecule has 0 aliphatic rings. The summed E-state index contributed by atoms with van der Waals surface area (Å²) in [5, 5.41) is 6.73. The first-order chi connectivity index (χ1) is 16.7. The molecule has 0 atom stereocenters. The van der Waals surface area contributed by atoms with Gasteiger partial charge in [-0.2, -0.15) is 8.78 Å². The van der Waals surface area contributed by atoms with Gasteiger partial charge in [0.1, 0.15) is 11.5 Å². The number of hydrogen-bond acceptors (Lipinski definition) is 6. The van der Waals surface area contributed by atoms with Crippen molar-refractivity contribution >= 4 is 28.3 Å². The van der Waals surface area contributed by atoms with Crippen molar-refractivity contribution < 1.29 is 18.3 Å². The van der Waals surface area contributed by atoms with Gasteiger partial charge >= 0.3 is 6.61 Å². The number of carbonyl (C=O) groups is 1. The van der Waals surface area contributed by atoms with Crippen LogP contribution in [0.15, 0.2) is 61.1 Å². The number of fused-ring (bicyclic) bond motifs is 1. The molecule has 0 unspecified atom stereocenters. The van der Waals surface area contributed by atoms with Gasteiger partial charge < -0.3 is 15.4 Å². The van der Waals surface area contributed by atoms with Gasteiger partial charge in [0.25, 0.3) is 5.91 Å². The van der Waals surface area contributed by atoms with Gasteiger partial charge in [0, 0.05) is 48.3 Å². The number of rotatable bonds is 7. The summed E-state index contributed by atoms with van der Waals surface area (Å²) in [5.74, 6) is 0.274. The van der Waals surface area contributed by atoms with Crippen molar-refractivity contribution in [1.82, 2.24) is 15.0 Å². The predicted octanol–water partition coefficient (Wildman–Crippen LogP) is 5.77. The van der Waals surface area contributed by atoms with Crippen LogP contribution in [-0.2, 0) is 10.3 Å². The largest absolute Gasteiger partial charge is 0.373 e. The van der Waals surface area contributed by atoms with Crippen molar-refractivity contribution in [2.75, 3.05) is 17.7 Å². The number of aryl methyl sites for hydroxylation is 1. The van der Waals surface area contributed by atoms with Crippen LogP contribution in [0.5, 0.6) is 0 Å². The lowest BCUT2D eigenvalue weighted by molar-refractivity contribution is -0.200. The van der Waals surface area contributed by atoms with Gasteiger partial charge in [0.05, 0.1) is 11.1 Å². The SMILES string of the molecule is CNc1cc2ncc(-c3cc(NC(=O)c4cc(C(C)(C)OC(F)F)ccn4)ccc3C)cc2cn1. The molecule has 0 aliphatic carbocycles. The molecule has 9 heteroatoms. The number of aromatic nitrogens is 3. The van der Waals surface area contributed by atoms with E-state index in [1.165, 1.54) is 26.1 Å². The third-order valence-corrected chi connectivity index (χ3v) is 5.70. The molecule has 3 aromatic heterocycles. The first-order valence-electron chi connectivity index (χ1n) is 10.9. The summed E-state index contributed by atoms with van der Waals surface area (Å²) in [6.07, 6.45) is 4.94. The van der Waals surface area contributed by atoms with Crippen molar-refractivity contribution in [3.8, 4) is 11.1 Å². The molecule has 180 valence electrons. The van der Waals surface area contributed by atoms with E-state index >= 15 is 0 Å². The van der Waals surface area contributed by atoms with Gasteiger partial charge in [0.15, 0.2) is 0 Å². The third-order valence-electron chi connectivity index (χ3n) is 5.70. The fourth-order valence-electron chi connectivity index (χ4n) is 3.73. The Morgan fingerprint density at radius 3 is 2.57 bits per heavy atom. The Kier molecular flexibility index (Phi) is 6.70. The molecule has 3 heterocycles. The molecule has 0 aliphatic heterocycles. The van der Waals surface area contributed by atoms with Crippen molar-refractivity contribution in [3.63, 3.8) is 0 Å². The Hall–Kier alpha value is -3.98. The van der Waals surface area contributed by atoms with Crippen LogP contribution >= 0.6 is 0 Å². The molecule has 2 N–H and O–H groups in total. The molecule has 4 rings (SSSR count). The van der Waals surface area contributed by atoms with Crippen LogP contribution in [0.3, 0.4) is 0 Å². The summed E-state index contributed by atoms with van der Waals surface area (Å²) in [6, 6.07) is 12.4. The number of anilines is 2. The lowest BCUT2D eigenvalue weighted by atomic mass is 9.98. The molecular formula is C26H25F2N5O2. The first-order valence-corrected chi connectivity index (χ1v) is 10.9. The van der Waals surface area contributed by atoms with Gasteiger partial charge in [-0.15, -0.1) is 0 Å². The Morgan fingerprint density at radius 1 is 1.03 bits per heavy atom. The second kappa shape index (κ2) is 9.71. The molecule has 0 radical (unpaired) electrons. The van der Waals surface area contributed by atoms with Crippen LogP contribution in [0, 0.1) is 6.92 Å². The van der Waals surface area contributed by atoms with E-state index in [9.17, 15) is 13.6 Å². The van der Waals surface area contributed by atoms with Crippen molar-refractivity contribution in [2.24, 2.45) is 0 Å². The predicted molar refractivity (Wildman–Crippen MR) is 132 cm³/mol. The molecule has 0 saturated heterocycles. The Morgan fingerprint density at radius 2 is 1.83 bits per heavy atom. The molecule has 7 nitrogen and oxygen atoms in total. The minimum absolute atomic E-state index is 0.0920. The number of amides is 1. The van der Waals surface area contributed by atoms with E-state index < -0.39 is 18.1 Å². The molecule has 35 heavy (non-hydrogen) atoms. The fourth-order valence-corrected chi connectivity index (χ4v) is 3.73. The Bertz CT molecular complexity index is 1390. The lowest BCUT2D eigenvalue weighted by Crippen LogP contribution is -2.25. The monoisotopic (exact) mass is 477 g/mol. The van der Waals surface area contributed by atoms with Crippen LogP contribution in [0.1, 0.15) is 35.5 Å². The zero-order valence-electron chi connectivity index (χ0n) is 19.8. The fraction of sp³-hybridized carbons (Fsp3) is 0.231. The first kappa shape index (κ1) is 24.2. The molecule has 0 spiro atoms. The number of nitrogens with one attached hydrogen (secondary N) is 2. The lowest BCUT2D eigenvalue weighted by Gasteiger charge is -2.25. The number of ether oxygens (including phenoxy) is 1. The van der Waals surface area contributed by atoms with Crippen LogP contribution in [0.2, 0.25) is 0 Å². The molecule has 0 bridgehead atoms. The second-order valence-corrected chi connectivity index (χ2v) is 8.54. The van der Waals surface area contributed by atoms with Crippen LogP contribution in [0.4, 0.5) is 20.3 Å². The van der Waals surface area contributed by atoms with Crippen LogP contribution in [-0.4, -0.2) is 34.5 Å². The summed E-state index contributed by atoms with van der Waals surface area (Å²) >= 11 is 0. The molecule has 4 aromatic rings. The smallest absolute Gasteiger partial charge is 0.346 e. The highest BCUT2D eigenvalue weighted by molar-refractivity contribution is 6.03. The van der Waals surface area contributed by atoms with Crippen LogP contribution in [0.25, 0.3) is 22.0 Å². The number of benzene rings is 1. The van der Waals surface area contributed by atoms with E-state index in [1.807, 2.05) is 31.2 Å². The summed E-state index contributed by atoms with van der Waals surface area (Å²) < 4.78 is 30.2. The maximum atomic E-state index is 12.9. The Balaban J connectivity index is 1.60. The minimum atomic E-state index is -2.94. The number of halogens is 2. The average molecular weight is 478 g/mol. The van der Waals surface area contributed by atoms with Gasteiger partial charge in [-0.3, -0.25) is 14.8 Å². The zero-order chi connectivity index (χ0) is 25.2. The quantitative estimate of drug-likeness (QED) is 0.351. The van der Waals surface area contributed by atoms with Crippen molar-refractivity contribution in [3.05, 3.63) is 77.9 Å². The molecule has 1 aromatic carbocycles. The van der Waals surface area contributed by atoms with Crippen molar-refractivity contribution in [1.29, 1.82) is 0 Å². The van der Waals surface area contributed by atoms with Gasteiger partial charge in [-0.1, -0.05) is 6.07 Å². The highest BCUT2D eigenvalue weighted by Crippen LogP contribution is 2.30. The van der Waals surface area contributed by atoms with E-state index in [0.29, 0.717) is 11.3 Å². The third kappa shape index (κ3) is 5.41.